The summed E-state index contributed by atoms with van der Waals surface area (Å²) in [6.07, 6.45) is 1.45. The number of carbonyl (C=O) groups excluding carboxylic acids is 1. The molecule has 0 radical (unpaired) electrons. The van der Waals surface area contributed by atoms with Crippen molar-refractivity contribution in [3.05, 3.63) is 23.3 Å². The molecule has 2 atom stereocenters. The molecule has 2 aliphatic heterocycles. The number of likely N-dealkylation sites (tertiary alicyclic amines) is 1. The zero-order valence-electron chi connectivity index (χ0n) is 14.8. The lowest BCUT2D eigenvalue weighted by Gasteiger charge is -2.21. The number of carboxylic acid groups (broad SMARTS) is 1. The van der Waals surface area contributed by atoms with Gasteiger partial charge in [0.05, 0.1) is 12.5 Å². The van der Waals surface area contributed by atoms with Crippen LogP contribution in [0.4, 0.5) is 4.79 Å². The Bertz CT molecular complexity index is 705. The van der Waals surface area contributed by atoms with Crippen molar-refractivity contribution in [2.75, 3.05) is 20.2 Å². The summed E-state index contributed by atoms with van der Waals surface area (Å²) in [6, 6.07) is 3.60. The Morgan fingerprint density at radius 3 is 2.88 bits per heavy atom. The molecule has 2 unspecified atom stereocenters. The maximum absolute atomic E-state index is 12.4. The molecule has 7 heteroatoms. The minimum atomic E-state index is -0.868. The Kier molecular flexibility index (Phi) is 4.49. The number of urea groups is 1. The first kappa shape index (κ1) is 17.4. The van der Waals surface area contributed by atoms with E-state index in [2.05, 4.69) is 5.32 Å². The molecule has 25 heavy (non-hydrogen) atoms. The lowest BCUT2D eigenvalue weighted by atomic mass is 9.90. The molecule has 0 bridgehead atoms. The molecule has 7 nitrogen and oxygen atoms in total. The fraction of sp³-hybridized carbons (Fsp3) is 0.556. The van der Waals surface area contributed by atoms with Crippen LogP contribution in [-0.2, 0) is 17.8 Å². The van der Waals surface area contributed by atoms with Crippen LogP contribution < -0.4 is 14.8 Å². The molecule has 1 fully saturated rings. The highest BCUT2D eigenvalue weighted by molar-refractivity contribution is 5.79. The number of carbonyl (C=O) groups is 2. The summed E-state index contributed by atoms with van der Waals surface area (Å²) in [5.74, 6) is 0.681. The van der Waals surface area contributed by atoms with Gasteiger partial charge >= 0.3 is 12.0 Å². The molecule has 0 aliphatic carbocycles. The van der Waals surface area contributed by atoms with Crippen LogP contribution >= 0.6 is 0 Å². The lowest BCUT2D eigenvalue weighted by molar-refractivity contribution is -0.147. The molecule has 1 aromatic carbocycles. The number of methoxy groups -OCH3 is 1. The van der Waals surface area contributed by atoms with Gasteiger partial charge in [-0.3, -0.25) is 4.79 Å². The fourth-order valence-electron chi connectivity index (χ4n) is 3.40. The molecule has 2 aliphatic rings. The maximum Gasteiger partial charge on any atom is 0.317 e. The summed E-state index contributed by atoms with van der Waals surface area (Å²) in [4.78, 5) is 25.2. The van der Waals surface area contributed by atoms with Crippen LogP contribution in [0.5, 0.6) is 11.5 Å². The van der Waals surface area contributed by atoms with Crippen molar-refractivity contribution in [1.29, 1.82) is 0 Å². The number of nitrogens with zero attached hydrogens (tertiary/aromatic N) is 1. The predicted molar refractivity (Wildman–Crippen MR) is 91.0 cm³/mol. The molecule has 2 heterocycles. The van der Waals surface area contributed by atoms with Gasteiger partial charge in [0.15, 0.2) is 0 Å². The minimum absolute atomic E-state index is 0.142. The molecule has 1 aromatic rings. The van der Waals surface area contributed by atoms with E-state index in [1.165, 1.54) is 0 Å². The van der Waals surface area contributed by atoms with Crippen LogP contribution in [0.2, 0.25) is 0 Å². The predicted octanol–water partition coefficient (Wildman–Crippen LogP) is 2.02. The number of rotatable bonds is 4. The molecular weight excluding hydrogens is 324 g/mol. The van der Waals surface area contributed by atoms with Crippen LogP contribution in [0.3, 0.4) is 0 Å². The molecule has 2 amide bonds. The second-order valence-corrected chi connectivity index (χ2v) is 7.10. The van der Waals surface area contributed by atoms with Crippen molar-refractivity contribution in [2.24, 2.45) is 5.41 Å². The largest absolute Gasteiger partial charge is 0.496 e. The molecular formula is C18H24N2O5. The van der Waals surface area contributed by atoms with E-state index in [0.717, 1.165) is 23.3 Å². The number of nitrogens with one attached hydrogen (secondary N) is 1. The Morgan fingerprint density at radius 2 is 2.24 bits per heavy atom. The van der Waals surface area contributed by atoms with Gasteiger partial charge in [0.2, 0.25) is 0 Å². The summed E-state index contributed by atoms with van der Waals surface area (Å²) >= 11 is 0. The summed E-state index contributed by atoms with van der Waals surface area (Å²) in [5, 5.41) is 12.1. The van der Waals surface area contributed by atoms with Gasteiger partial charge in [-0.2, -0.15) is 0 Å². The standard InChI is InChI=1S/C18H24N2O5/c1-11-6-12-7-14(24-3)13(8-15(12)25-11)9-19-17(23)20-5-4-18(2,10-20)16(21)22/h7-8,11H,4-6,9-10H2,1-3H3,(H,19,23)(H,21,22). The Labute approximate surface area is 146 Å². The van der Waals surface area contributed by atoms with Crippen LogP contribution in [0.25, 0.3) is 0 Å². The van der Waals surface area contributed by atoms with Gasteiger partial charge in [-0.05, 0) is 32.4 Å². The van der Waals surface area contributed by atoms with Crippen molar-refractivity contribution in [3.8, 4) is 11.5 Å². The zero-order chi connectivity index (χ0) is 18.2. The Morgan fingerprint density at radius 1 is 1.48 bits per heavy atom. The number of hydrogen-bond donors (Lipinski definition) is 2. The average molecular weight is 348 g/mol. The minimum Gasteiger partial charge on any atom is -0.496 e. The van der Waals surface area contributed by atoms with E-state index in [-0.39, 0.29) is 18.7 Å². The summed E-state index contributed by atoms with van der Waals surface area (Å²) in [6.45, 7) is 4.64. The number of ether oxygens (including phenoxy) is 2. The lowest BCUT2D eigenvalue weighted by Crippen LogP contribution is -2.40. The van der Waals surface area contributed by atoms with Gasteiger partial charge in [-0.15, -0.1) is 0 Å². The second kappa shape index (κ2) is 6.46. The second-order valence-electron chi connectivity index (χ2n) is 7.10. The fourth-order valence-corrected chi connectivity index (χ4v) is 3.40. The van der Waals surface area contributed by atoms with E-state index in [1.807, 2.05) is 19.1 Å². The topological polar surface area (TPSA) is 88.1 Å². The normalized spacial score (nSPS) is 24.6. The van der Waals surface area contributed by atoms with Crippen LogP contribution in [-0.4, -0.2) is 48.3 Å². The average Bonchev–Trinajstić information content (AvgIpc) is 3.14. The summed E-state index contributed by atoms with van der Waals surface area (Å²) in [5.41, 5.74) is 1.08. The van der Waals surface area contributed by atoms with Crippen LogP contribution in [0, 0.1) is 5.41 Å². The van der Waals surface area contributed by atoms with E-state index in [4.69, 9.17) is 9.47 Å². The third-order valence-corrected chi connectivity index (χ3v) is 5.01. The van der Waals surface area contributed by atoms with Crippen molar-refractivity contribution < 1.29 is 24.2 Å². The SMILES string of the molecule is COc1cc2c(cc1CNC(=O)N1CCC(C)(C(=O)O)C1)OC(C)C2. The maximum atomic E-state index is 12.4. The van der Waals surface area contributed by atoms with Gasteiger partial charge in [0.1, 0.15) is 17.6 Å². The third-order valence-electron chi connectivity index (χ3n) is 5.01. The van der Waals surface area contributed by atoms with Gasteiger partial charge in [-0.1, -0.05) is 0 Å². The van der Waals surface area contributed by atoms with Crippen molar-refractivity contribution in [1.82, 2.24) is 10.2 Å². The van der Waals surface area contributed by atoms with E-state index in [9.17, 15) is 14.7 Å². The zero-order valence-corrected chi connectivity index (χ0v) is 14.8. The van der Waals surface area contributed by atoms with E-state index in [0.29, 0.717) is 25.3 Å². The molecule has 0 saturated carbocycles. The molecule has 1 saturated heterocycles. The number of benzene rings is 1. The molecule has 0 spiro atoms. The Balaban J connectivity index is 1.65. The van der Waals surface area contributed by atoms with E-state index >= 15 is 0 Å². The number of fused-ring (bicyclic) bond motifs is 1. The highest BCUT2D eigenvalue weighted by Crippen LogP contribution is 2.35. The molecule has 3 rings (SSSR count). The number of aliphatic carboxylic acids is 1. The van der Waals surface area contributed by atoms with Crippen molar-refractivity contribution >= 4 is 12.0 Å². The quantitative estimate of drug-likeness (QED) is 0.869. The highest BCUT2D eigenvalue weighted by Gasteiger charge is 2.42. The highest BCUT2D eigenvalue weighted by atomic mass is 16.5. The smallest absolute Gasteiger partial charge is 0.317 e. The summed E-state index contributed by atoms with van der Waals surface area (Å²) < 4.78 is 11.2. The third kappa shape index (κ3) is 3.36. The first-order chi connectivity index (χ1) is 11.8. The Hall–Kier alpha value is -2.44. The van der Waals surface area contributed by atoms with Gasteiger partial charge in [0.25, 0.3) is 0 Å². The van der Waals surface area contributed by atoms with Crippen molar-refractivity contribution in [2.45, 2.75) is 39.3 Å². The number of hydrogen-bond acceptors (Lipinski definition) is 4. The number of carboxylic acids is 1. The van der Waals surface area contributed by atoms with Crippen LogP contribution in [0.15, 0.2) is 12.1 Å². The van der Waals surface area contributed by atoms with Gasteiger partial charge in [0, 0.05) is 37.2 Å². The van der Waals surface area contributed by atoms with E-state index < -0.39 is 11.4 Å². The molecule has 136 valence electrons. The molecule has 2 N–H and O–H groups in total. The first-order valence-electron chi connectivity index (χ1n) is 8.45. The van der Waals surface area contributed by atoms with E-state index in [1.54, 1.807) is 18.9 Å². The first-order valence-corrected chi connectivity index (χ1v) is 8.45. The molecule has 0 aromatic heterocycles. The van der Waals surface area contributed by atoms with Gasteiger partial charge in [-0.25, -0.2) is 4.79 Å². The van der Waals surface area contributed by atoms with Gasteiger partial charge < -0.3 is 24.8 Å². The van der Waals surface area contributed by atoms with Crippen LogP contribution in [0.1, 0.15) is 31.4 Å². The van der Waals surface area contributed by atoms with Crippen molar-refractivity contribution in [3.63, 3.8) is 0 Å². The number of amides is 2. The monoisotopic (exact) mass is 348 g/mol. The summed E-state index contributed by atoms with van der Waals surface area (Å²) in [7, 11) is 1.60.